The summed E-state index contributed by atoms with van der Waals surface area (Å²) in [5, 5.41) is 1.21. The van der Waals surface area contributed by atoms with Gasteiger partial charge in [-0.2, -0.15) is 0 Å². The molecule has 0 atom stereocenters. The highest BCUT2D eigenvalue weighted by Crippen LogP contribution is 2.22. The molecule has 0 unspecified atom stereocenters. The van der Waals surface area contributed by atoms with Gasteiger partial charge in [0.1, 0.15) is 11.5 Å². The predicted octanol–water partition coefficient (Wildman–Crippen LogP) is 5.02. The maximum atomic E-state index is 12.6. The molecule has 0 aliphatic carbocycles. The Morgan fingerprint density at radius 3 is 2.54 bits per heavy atom. The Labute approximate surface area is 137 Å². The second-order valence-electron chi connectivity index (χ2n) is 5.69. The van der Waals surface area contributed by atoms with E-state index >= 15 is 0 Å². The number of fused-ring (bicyclic) bond motifs is 1. The summed E-state index contributed by atoms with van der Waals surface area (Å²) in [6.45, 7) is 0.758. The van der Waals surface area contributed by atoms with Crippen LogP contribution in [0.5, 0.6) is 0 Å². The van der Waals surface area contributed by atoms with Crippen LogP contribution in [0.2, 0.25) is 0 Å². The summed E-state index contributed by atoms with van der Waals surface area (Å²) in [4.78, 5) is 6.67. The van der Waals surface area contributed by atoms with Crippen LogP contribution in [0.1, 0.15) is 17.7 Å². The smallest absolute Gasteiger partial charge is 0.279 e. The standard InChI is InChI=1S/C19H15F2N3/c20-18(21)16-11-22-19(23-16)15-7-5-13(6-8-15)12-24-10-9-14-3-1-2-4-17(14)24/h1-11,18H,12H2,(H,22,23). The van der Waals surface area contributed by atoms with Crippen LogP contribution in [0, 0.1) is 0 Å². The molecular formula is C19H15F2N3. The highest BCUT2D eigenvalue weighted by atomic mass is 19.3. The number of benzene rings is 2. The van der Waals surface area contributed by atoms with E-state index in [0.29, 0.717) is 5.82 Å². The average Bonchev–Trinajstić information content (AvgIpc) is 3.24. The molecule has 2 aromatic heterocycles. The van der Waals surface area contributed by atoms with Crippen LogP contribution >= 0.6 is 0 Å². The zero-order chi connectivity index (χ0) is 16.5. The van der Waals surface area contributed by atoms with Crippen molar-refractivity contribution in [2.75, 3.05) is 0 Å². The van der Waals surface area contributed by atoms with E-state index in [2.05, 4.69) is 38.9 Å². The van der Waals surface area contributed by atoms with Crippen molar-refractivity contribution in [3.05, 3.63) is 78.2 Å². The van der Waals surface area contributed by atoms with E-state index in [1.54, 1.807) is 0 Å². The minimum Gasteiger partial charge on any atom is -0.343 e. The number of aromatic amines is 1. The number of rotatable bonds is 4. The van der Waals surface area contributed by atoms with Crippen molar-refractivity contribution in [3.8, 4) is 11.4 Å². The van der Waals surface area contributed by atoms with Gasteiger partial charge in [0.15, 0.2) is 0 Å². The summed E-state index contributed by atoms with van der Waals surface area (Å²) in [7, 11) is 0. The molecule has 1 N–H and O–H groups in total. The highest BCUT2D eigenvalue weighted by molar-refractivity contribution is 5.80. The maximum absolute atomic E-state index is 12.6. The Morgan fingerprint density at radius 1 is 1.00 bits per heavy atom. The second kappa shape index (κ2) is 5.92. The van der Waals surface area contributed by atoms with Crippen molar-refractivity contribution in [1.82, 2.24) is 14.5 Å². The van der Waals surface area contributed by atoms with Gasteiger partial charge in [-0.1, -0.05) is 42.5 Å². The van der Waals surface area contributed by atoms with Crippen LogP contribution in [0.25, 0.3) is 22.3 Å². The van der Waals surface area contributed by atoms with Crippen molar-refractivity contribution in [2.45, 2.75) is 13.0 Å². The molecule has 0 amide bonds. The Morgan fingerprint density at radius 2 is 1.79 bits per heavy atom. The fourth-order valence-electron chi connectivity index (χ4n) is 2.84. The molecule has 120 valence electrons. The first-order chi connectivity index (χ1) is 11.7. The summed E-state index contributed by atoms with van der Waals surface area (Å²) in [5.74, 6) is 0.461. The third kappa shape index (κ3) is 2.69. The fourth-order valence-corrected chi connectivity index (χ4v) is 2.84. The summed E-state index contributed by atoms with van der Waals surface area (Å²) < 4.78 is 27.4. The van der Waals surface area contributed by atoms with Crippen LogP contribution in [-0.4, -0.2) is 14.5 Å². The van der Waals surface area contributed by atoms with E-state index in [1.165, 1.54) is 17.1 Å². The zero-order valence-corrected chi connectivity index (χ0v) is 12.8. The van der Waals surface area contributed by atoms with Gasteiger partial charge in [-0.15, -0.1) is 0 Å². The Bertz CT molecular complexity index is 968. The summed E-state index contributed by atoms with van der Waals surface area (Å²) in [6, 6.07) is 18.1. The van der Waals surface area contributed by atoms with Crippen LogP contribution in [0.15, 0.2) is 67.0 Å². The maximum Gasteiger partial charge on any atom is 0.279 e. The molecule has 0 aliphatic rings. The number of nitrogens with one attached hydrogen (secondary N) is 1. The van der Waals surface area contributed by atoms with Crippen LogP contribution < -0.4 is 0 Å². The van der Waals surface area contributed by atoms with Crippen molar-refractivity contribution >= 4 is 10.9 Å². The lowest BCUT2D eigenvalue weighted by Crippen LogP contribution is -1.97. The Kier molecular flexibility index (Phi) is 3.61. The van der Waals surface area contributed by atoms with Gasteiger partial charge in [0.05, 0.1) is 6.20 Å². The van der Waals surface area contributed by atoms with Gasteiger partial charge < -0.3 is 9.55 Å². The third-order valence-electron chi connectivity index (χ3n) is 4.09. The summed E-state index contributed by atoms with van der Waals surface area (Å²) in [5.41, 5.74) is 2.96. The first-order valence-corrected chi connectivity index (χ1v) is 7.67. The number of aromatic nitrogens is 3. The molecule has 3 nitrogen and oxygen atoms in total. The molecule has 4 rings (SSSR count). The van der Waals surface area contributed by atoms with Gasteiger partial charge in [-0.25, -0.2) is 13.8 Å². The molecular weight excluding hydrogens is 308 g/mol. The molecule has 0 saturated carbocycles. The van der Waals surface area contributed by atoms with Gasteiger partial charge in [0, 0.05) is 23.8 Å². The molecule has 0 radical (unpaired) electrons. The third-order valence-corrected chi connectivity index (χ3v) is 4.09. The average molecular weight is 323 g/mol. The molecule has 0 fully saturated rings. The molecule has 24 heavy (non-hydrogen) atoms. The van der Waals surface area contributed by atoms with E-state index in [4.69, 9.17) is 0 Å². The van der Waals surface area contributed by atoms with Gasteiger partial charge in [0.25, 0.3) is 6.43 Å². The summed E-state index contributed by atoms with van der Waals surface area (Å²) >= 11 is 0. The lowest BCUT2D eigenvalue weighted by atomic mass is 10.1. The Hall–Kier alpha value is -2.95. The first-order valence-electron chi connectivity index (χ1n) is 7.67. The van der Waals surface area contributed by atoms with Crippen LogP contribution in [0.4, 0.5) is 8.78 Å². The first kappa shape index (κ1) is 14.6. The van der Waals surface area contributed by atoms with E-state index in [1.807, 2.05) is 36.4 Å². The lowest BCUT2D eigenvalue weighted by molar-refractivity contribution is 0.146. The largest absolute Gasteiger partial charge is 0.343 e. The lowest BCUT2D eigenvalue weighted by Gasteiger charge is -2.06. The summed E-state index contributed by atoms with van der Waals surface area (Å²) in [6.07, 6.45) is 0.715. The fraction of sp³-hybridized carbons (Fsp3) is 0.105. The second-order valence-corrected chi connectivity index (χ2v) is 5.69. The van der Waals surface area contributed by atoms with Gasteiger partial charge in [-0.3, -0.25) is 0 Å². The SMILES string of the molecule is FC(F)c1cnc(-c2ccc(Cn3ccc4ccccc43)cc2)[nH]1. The minimum atomic E-state index is -2.53. The van der Waals surface area contributed by atoms with Crippen molar-refractivity contribution < 1.29 is 8.78 Å². The van der Waals surface area contributed by atoms with Crippen LogP contribution in [-0.2, 0) is 6.54 Å². The van der Waals surface area contributed by atoms with Crippen molar-refractivity contribution in [2.24, 2.45) is 0 Å². The number of imidazole rings is 1. The normalized spacial score (nSPS) is 11.5. The molecule has 2 heterocycles. The number of halogens is 2. The number of hydrogen-bond acceptors (Lipinski definition) is 1. The van der Waals surface area contributed by atoms with E-state index in [-0.39, 0.29) is 5.69 Å². The van der Waals surface area contributed by atoms with Gasteiger partial charge in [0.2, 0.25) is 0 Å². The molecule has 0 spiro atoms. The number of nitrogens with zero attached hydrogens (tertiary/aromatic N) is 2. The number of para-hydroxylation sites is 1. The molecule has 5 heteroatoms. The Balaban J connectivity index is 1.57. The van der Waals surface area contributed by atoms with E-state index in [0.717, 1.165) is 17.7 Å². The number of alkyl halides is 2. The van der Waals surface area contributed by atoms with E-state index in [9.17, 15) is 8.78 Å². The molecule has 0 bridgehead atoms. The van der Waals surface area contributed by atoms with E-state index < -0.39 is 6.43 Å². The monoisotopic (exact) mass is 323 g/mol. The molecule has 0 saturated heterocycles. The predicted molar refractivity (Wildman–Crippen MR) is 90.0 cm³/mol. The zero-order valence-electron chi connectivity index (χ0n) is 12.8. The molecule has 0 aliphatic heterocycles. The topological polar surface area (TPSA) is 33.6 Å². The molecule has 2 aromatic carbocycles. The highest BCUT2D eigenvalue weighted by Gasteiger charge is 2.11. The van der Waals surface area contributed by atoms with Gasteiger partial charge in [-0.05, 0) is 23.1 Å². The minimum absolute atomic E-state index is 0.159. The van der Waals surface area contributed by atoms with Crippen LogP contribution in [0.3, 0.4) is 0 Å². The van der Waals surface area contributed by atoms with Crippen molar-refractivity contribution in [1.29, 1.82) is 0 Å². The quantitative estimate of drug-likeness (QED) is 0.562. The number of hydrogen-bond donors (Lipinski definition) is 1. The number of H-pyrrole nitrogens is 1. The van der Waals surface area contributed by atoms with Crippen molar-refractivity contribution in [3.63, 3.8) is 0 Å². The van der Waals surface area contributed by atoms with Gasteiger partial charge >= 0.3 is 0 Å². The molecule has 4 aromatic rings.